The summed E-state index contributed by atoms with van der Waals surface area (Å²) >= 11 is 0. The van der Waals surface area contributed by atoms with Crippen LogP contribution >= 0.6 is 0 Å². The van der Waals surface area contributed by atoms with Gasteiger partial charge in [-0.05, 0) is 24.3 Å². The van der Waals surface area contributed by atoms with E-state index in [2.05, 4.69) is 9.97 Å². The molecule has 0 aliphatic carbocycles. The Bertz CT molecular complexity index is 798. The molecule has 0 spiro atoms. The third-order valence-corrected chi connectivity index (χ3v) is 2.81. The number of halogens is 2. The van der Waals surface area contributed by atoms with Crippen LogP contribution < -0.4 is 0 Å². The highest BCUT2D eigenvalue weighted by Gasteiger charge is 2.14. The lowest BCUT2D eigenvalue weighted by Crippen LogP contribution is -2.06. The number of fused-ring (bicyclic) bond motifs is 1. The summed E-state index contributed by atoms with van der Waals surface area (Å²) in [4.78, 5) is 20.4. The molecule has 0 radical (unpaired) electrons. The van der Waals surface area contributed by atoms with Gasteiger partial charge in [0.15, 0.2) is 0 Å². The molecule has 3 nitrogen and oxygen atoms in total. The van der Waals surface area contributed by atoms with Gasteiger partial charge in [0, 0.05) is 11.6 Å². The molecule has 3 rings (SSSR count). The highest BCUT2D eigenvalue weighted by Crippen LogP contribution is 2.14. The first-order valence-corrected chi connectivity index (χ1v) is 5.86. The molecule has 1 aromatic heterocycles. The zero-order valence-corrected chi connectivity index (χ0v) is 10.2. The predicted molar refractivity (Wildman–Crippen MR) is 69.3 cm³/mol. The molecule has 0 unspecified atom stereocenters. The highest BCUT2D eigenvalue weighted by molar-refractivity contribution is 6.08. The first-order valence-electron chi connectivity index (χ1n) is 5.86. The lowest BCUT2D eigenvalue weighted by molar-refractivity contribution is 0.103. The molecule has 0 amide bonds. The monoisotopic (exact) mass is 270 g/mol. The van der Waals surface area contributed by atoms with Crippen molar-refractivity contribution in [2.24, 2.45) is 0 Å². The molecule has 0 saturated heterocycles. The number of hydrogen-bond donors (Lipinski definition) is 0. The van der Waals surface area contributed by atoms with Crippen molar-refractivity contribution in [3.63, 3.8) is 0 Å². The summed E-state index contributed by atoms with van der Waals surface area (Å²) in [5, 5.41) is 0. The van der Waals surface area contributed by atoms with Gasteiger partial charge in [0.25, 0.3) is 0 Å². The molecule has 5 heteroatoms. The Morgan fingerprint density at radius 3 is 2.30 bits per heavy atom. The van der Waals surface area contributed by atoms with Gasteiger partial charge >= 0.3 is 0 Å². The lowest BCUT2D eigenvalue weighted by atomic mass is 10.1. The zero-order chi connectivity index (χ0) is 14.1. The van der Waals surface area contributed by atoms with Crippen molar-refractivity contribution in [3.8, 4) is 0 Å². The molecule has 0 aliphatic rings. The molecular formula is C15H8F2N2O. The number of hydrogen-bond acceptors (Lipinski definition) is 3. The summed E-state index contributed by atoms with van der Waals surface area (Å²) < 4.78 is 26.3. The van der Waals surface area contributed by atoms with E-state index in [0.717, 1.165) is 12.1 Å². The second-order valence-electron chi connectivity index (χ2n) is 4.23. The van der Waals surface area contributed by atoms with Crippen LogP contribution in [0.4, 0.5) is 8.78 Å². The van der Waals surface area contributed by atoms with Crippen molar-refractivity contribution in [1.29, 1.82) is 0 Å². The van der Waals surface area contributed by atoms with Gasteiger partial charge in [-0.3, -0.25) is 9.78 Å². The van der Waals surface area contributed by atoms with Gasteiger partial charge in [-0.1, -0.05) is 12.1 Å². The van der Waals surface area contributed by atoms with E-state index in [1.807, 2.05) is 0 Å². The van der Waals surface area contributed by atoms with Gasteiger partial charge < -0.3 is 0 Å². The topological polar surface area (TPSA) is 42.9 Å². The van der Waals surface area contributed by atoms with Crippen LogP contribution in [0.5, 0.6) is 0 Å². The van der Waals surface area contributed by atoms with Crippen molar-refractivity contribution in [2.45, 2.75) is 0 Å². The van der Waals surface area contributed by atoms with Crippen LogP contribution in [-0.2, 0) is 0 Å². The average Bonchev–Trinajstić information content (AvgIpc) is 2.45. The SMILES string of the molecule is O=C(c1cc(F)cc(F)c1)c1cnc2ccccc2n1. The largest absolute Gasteiger partial charge is 0.287 e. The summed E-state index contributed by atoms with van der Waals surface area (Å²) in [5.74, 6) is -2.18. The predicted octanol–water partition coefficient (Wildman–Crippen LogP) is 3.14. The van der Waals surface area contributed by atoms with Crippen LogP contribution in [0.15, 0.2) is 48.7 Å². The third kappa shape index (κ3) is 2.25. The number of ketones is 1. The minimum Gasteiger partial charge on any atom is -0.287 e. The minimum atomic E-state index is -0.804. The molecule has 3 aromatic rings. The molecule has 0 aliphatic heterocycles. The second kappa shape index (κ2) is 4.77. The van der Waals surface area contributed by atoms with Crippen LogP contribution in [0.1, 0.15) is 16.1 Å². The van der Waals surface area contributed by atoms with Gasteiger partial charge in [-0.2, -0.15) is 0 Å². The minimum absolute atomic E-state index is 0.0497. The fourth-order valence-corrected chi connectivity index (χ4v) is 1.90. The molecule has 1 heterocycles. The van der Waals surface area contributed by atoms with Crippen LogP contribution in [0.2, 0.25) is 0 Å². The maximum atomic E-state index is 13.1. The quantitative estimate of drug-likeness (QED) is 0.672. The second-order valence-corrected chi connectivity index (χ2v) is 4.23. The number of rotatable bonds is 2. The van der Waals surface area contributed by atoms with E-state index in [9.17, 15) is 13.6 Å². The number of aromatic nitrogens is 2. The Morgan fingerprint density at radius 1 is 0.950 bits per heavy atom. The summed E-state index contributed by atoms with van der Waals surface area (Å²) in [6, 6.07) is 9.71. The van der Waals surface area contributed by atoms with E-state index in [-0.39, 0.29) is 11.3 Å². The van der Waals surface area contributed by atoms with Crippen molar-refractivity contribution in [2.75, 3.05) is 0 Å². The molecule has 0 bridgehead atoms. The maximum Gasteiger partial charge on any atom is 0.213 e. The number of carbonyl (C=O) groups excluding carboxylic acids is 1. The van der Waals surface area contributed by atoms with Crippen LogP contribution in [0.3, 0.4) is 0 Å². The number of benzene rings is 2. The summed E-state index contributed by atoms with van der Waals surface area (Å²) in [5.41, 5.74) is 1.16. The van der Waals surface area contributed by atoms with Crippen LogP contribution in [0, 0.1) is 11.6 Å². The van der Waals surface area contributed by atoms with Crippen LogP contribution in [0.25, 0.3) is 11.0 Å². The molecular weight excluding hydrogens is 262 g/mol. The van der Waals surface area contributed by atoms with E-state index in [4.69, 9.17) is 0 Å². The molecule has 0 fully saturated rings. The van der Waals surface area contributed by atoms with Crippen molar-refractivity contribution in [1.82, 2.24) is 9.97 Å². The molecule has 2 aromatic carbocycles. The van der Waals surface area contributed by atoms with Crippen molar-refractivity contribution >= 4 is 16.8 Å². The molecule has 98 valence electrons. The summed E-state index contributed by atoms with van der Waals surface area (Å²) in [6.07, 6.45) is 1.30. The van der Waals surface area contributed by atoms with Gasteiger partial charge in [0.05, 0.1) is 17.2 Å². The first kappa shape index (κ1) is 12.3. The summed E-state index contributed by atoms with van der Waals surface area (Å²) in [7, 11) is 0. The number of carbonyl (C=O) groups is 1. The normalized spacial score (nSPS) is 10.7. The maximum absolute atomic E-state index is 13.1. The fourth-order valence-electron chi connectivity index (χ4n) is 1.90. The fraction of sp³-hybridized carbons (Fsp3) is 0. The number of para-hydroxylation sites is 2. The zero-order valence-electron chi connectivity index (χ0n) is 10.2. The van der Waals surface area contributed by atoms with Crippen LogP contribution in [-0.4, -0.2) is 15.8 Å². The standard InChI is InChI=1S/C15H8F2N2O/c16-10-5-9(6-11(17)7-10)15(20)14-8-18-12-3-1-2-4-13(12)19-14/h1-8H. The Balaban J connectivity index is 2.07. The van der Waals surface area contributed by atoms with Crippen molar-refractivity contribution in [3.05, 3.63) is 71.6 Å². The van der Waals surface area contributed by atoms with E-state index in [1.54, 1.807) is 24.3 Å². The van der Waals surface area contributed by atoms with E-state index in [1.165, 1.54) is 6.20 Å². The number of nitrogens with zero attached hydrogens (tertiary/aromatic N) is 2. The molecule has 0 saturated carbocycles. The van der Waals surface area contributed by atoms with E-state index < -0.39 is 17.4 Å². The van der Waals surface area contributed by atoms with E-state index in [0.29, 0.717) is 17.1 Å². The molecule has 0 N–H and O–H groups in total. The molecule has 20 heavy (non-hydrogen) atoms. The smallest absolute Gasteiger partial charge is 0.213 e. The third-order valence-electron chi connectivity index (χ3n) is 2.81. The Hall–Kier alpha value is -2.69. The highest BCUT2D eigenvalue weighted by atomic mass is 19.1. The summed E-state index contributed by atoms with van der Waals surface area (Å²) in [6.45, 7) is 0. The first-order chi connectivity index (χ1) is 9.63. The molecule has 0 atom stereocenters. The Morgan fingerprint density at radius 2 is 1.60 bits per heavy atom. The average molecular weight is 270 g/mol. The van der Waals surface area contributed by atoms with E-state index >= 15 is 0 Å². The van der Waals surface area contributed by atoms with Gasteiger partial charge in [0.1, 0.15) is 17.3 Å². The Labute approximate surface area is 112 Å². The van der Waals surface area contributed by atoms with Gasteiger partial charge in [0.2, 0.25) is 5.78 Å². The Kier molecular flexibility index (Phi) is 2.95. The lowest BCUT2D eigenvalue weighted by Gasteiger charge is -2.02. The van der Waals surface area contributed by atoms with Crippen molar-refractivity contribution < 1.29 is 13.6 Å². The van der Waals surface area contributed by atoms with Gasteiger partial charge in [-0.25, -0.2) is 13.8 Å². The van der Waals surface area contributed by atoms with Gasteiger partial charge in [-0.15, -0.1) is 0 Å².